The second-order valence-electron chi connectivity index (χ2n) is 7.50. The molecule has 3 aromatic rings. The number of nitrogens with one attached hydrogen (secondary N) is 2. The number of amides is 2. The molecule has 2 amide bonds. The average Bonchev–Trinajstić information content (AvgIpc) is 2.78. The van der Waals surface area contributed by atoms with Gasteiger partial charge in [0.2, 0.25) is 0 Å². The summed E-state index contributed by atoms with van der Waals surface area (Å²) in [4.78, 5) is 25.6. The van der Waals surface area contributed by atoms with E-state index in [2.05, 4.69) is 54.7 Å². The number of hydrogen-bond acceptors (Lipinski definition) is 5. The highest BCUT2D eigenvalue weighted by atomic mass is 35.5. The Morgan fingerprint density at radius 1 is 1.00 bits per heavy atom. The zero-order valence-electron chi connectivity index (χ0n) is 17.4. The molecule has 31 heavy (non-hydrogen) atoms. The van der Waals surface area contributed by atoms with Crippen LogP contribution in [0, 0.1) is 6.92 Å². The Bertz CT molecular complexity index is 1040. The summed E-state index contributed by atoms with van der Waals surface area (Å²) < 4.78 is 0. The number of piperazine rings is 1. The summed E-state index contributed by atoms with van der Waals surface area (Å²) in [7, 11) is 0. The fourth-order valence-electron chi connectivity index (χ4n) is 3.58. The first-order valence-electron chi connectivity index (χ1n) is 10.2. The number of carbonyl (C=O) groups is 1. The maximum atomic E-state index is 12.4. The van der Waals surface area contributed by atoms with Gasteiger partial charge in [-0.2, -0.15) is 0 Å². The molecule has 160 valence electrons. The van der Waals surface area contributed by atoms with Gasteiger partial charge in [0.1, 0.15) is 18.0 Å². The van der Waals surface area contributed by atoms with Crippen molar-refractivity contribution >= 4 is 35.0 Å². The summed E-state index contributed by atoms with van der Waals surface area (Å²) in [6.07, 6.45) is 1.48. The van der Waals surface area contributed by atoms with Gasteiger partial charge in [-0.25, -0.2) is 14.8 Å². The SMILES string of the molecule is Cc1c(Cl)cccc1NC(=O)Nc1cc(N2CCN(Cc3ccccc3)CC2)ncn1. The minimum Gasteiger partial charge on any atom is -0.354 e. The van der Waals surface area contributed by atoms with Crippen molar-refractivity contribution in [2.24, 2.45) is 0 Å². The second kappa shape index (κ2) is 9.76. The molecule has 1 aliphatic rings. The number of nitrogens with zero attached hydrogens (tertiary/aromatic N) is 4. The van der Waals surface area contributed by atoms with Crippen LogP contribution in [0.3, 0.4) is 0 Å². The third-order valence-corrected chi connectivity index (χ3v) is 5.76. The smallest absolute Gasteiger partial charge is 0.324 e. The number of anilines is 3. The summed E-state index contributed by atoms with van der Waals surface area (Å²) in [6.45, 7) is 6.47. The largest absolute Gasteiger partial charge is 0.354 e. The quantitative estimate of drug-likeness (QED) is 0.620. The highest BCUT2D eigenvalue weighted by Gasteiger charge is 2.19. The normalized spacial score (nSPS) is 14.3. The van der Waals surface area contributed by atoms with Crippen LogP contribution < -0.4 is 15.5 Å². The zero-order valence-corrected chi connectivity index (χ0v) is 18.1. The molecule has 0 atom stereocenters. The van der Waals surface area contributed by atoms with E-state index in [4.69, 9.17) is 11.6 Å². The van der Waals surface area contributed by atoms with Crippen molar-refractivity contribution < 1.29 is 4.79 Å². The third kappa shape index (κ3) is 5.51. The Morgan fingerprint density at radius 3 is 2.55 bits per heavy atom. The molecule has 0 unspecified atom stereocenters. The van der Waals surface area contributed by atoms with E-state index in [0.29, 0.717) is 16.5 Å². The van der Waals surface area contributed by atoms with Crippen molar-refractivity contribution in [3.05, 3.63) is 77.1 Å². The number of benzene rings is 2. The minimum absolute atomic E-state index is 0.373. The molecule has 0 spiro atoms. The molecule has 0 bridgehead atoms. The Balaban J connectivity index is 1.33. The number of rotatable bonds is 5. The highest BCUT2D eigenvalue weighted by Crippen LogP contribution is 2.23. The van der Waals surface area contributed by atoms with Gasteiger partial charge >= 0.3 is 6.03 Å². The van der Waals surface area contributed by atoms with Gasteiger partial charge in [0, 0.05) is 49.5 Å². The molecule has 7 nitrogen and oxygen atoms in total. The van der Waals surface area contributed by atoms with E-state index in [1.807, 2.05) is 13.0 Å². The minimum atomic E-state index is -0.373. The van der Waals surface area contributed by atoms with Crippen molar-refractivity contribution in [3.63, 3.8) is 0 Å². The lowest BCUT2D eigenvalue weighted by molar-refractivity contribution is 0.249. The first-order chi connectivity index (χ1) is 15.1. The van der Waals surface area contributed by atoms with E-state index in [-0.39, 0.29) is 6.03 Å². The van der Waals surface area contributed by atoms with Crippen molar-refractivity contribution in [2.75, 3.05) is 41.7 Å². The van der Waals surface area contributed by atoms with Crippen LogP contribution in [0.15, 0.2) is 60.9 Å². The Labute approximate surface area is 187 Å². The lowest BCUT2D eigenvalue weighted by Crippen LogP contribution is -2.46. The molecule has 2 N–H and O–H groups in total. The molecule has 1 aromatic heterocycles. The predicted octanol–water partition coefficient (Wildman–Crippen LogP) is 4.40. The van der Waals surface area contributed by atoms with Crippen LogP contribution in [0.1, 0.15) is 11.1 Å². The molecule has 1 fully saturated rings. The molecule has 8 heteroatoms. The van der Waals surface area contributed by atoms with Crippen LogP contribution in [0.25, 0.3) is 0 Å². The summed E-state index contributed by atoms with van der Waals surface area (Å²) in [5, 5.41) is 6.19. The van der Waals surface area contributed by atoms with Crippen LogP contribution in [-0.4, -0.2) is 47.1 Å². The van der Waals surface area contributed by atoms with E-state index >= 15 is 0 Å². The molecule has 0 saturated carbocycles. The summed E-state index contributed by atoms with van der Waals surface area (Å²) in [5.74, 6) is 1.26. The number of halogens is 1. The summed E-state index contributed by atoms with van der Waals surface area (Å²) in [6, 6.07) is 17.3. The van der Waals surface area contributed by atoms with Crippen molar-refractivity contribution in [1.82, 2.24) is 14.9 Å². The van der Waals surface area contributed by atoms with Crippen LogP contribution in [0.4, 0.5) is 22.1 Å². The number of urea groups is 1. The standard InChI is InChI=1S/C23H25ClN6O/c1-17-19(24)8-5-9-20(17)27-23(31)28-21-14-22(26-16-25-21)30-12-10-29(11-13-30)15-18-6-3-2-4-7-18/h2-9,14,16H,10-13,15H2,1H3,(H2,25,26,27,28,31). The van der Waals surface area contributed by atoms with Crippen LogP contribution in [-0.2, 0) is 6.54 Å². The maximum absolute atomic E-state index is 12.4. The van der Waals surface area contributed by atoms with Gasteiger partial charge in [-0.05, 0) is 30.2 Å². The molecule has 2 heterocycles. The number of aromatic nitrogens is 2. The van der Waals surface area contributed by atoms with Crippen molar-refractivity contribution in [1.29, 1.82) is 0 Å². The first-order valence-corrected chi connectivity index (χ1v) is 10.6. The van der Waals surface area contributed by atoms with Gasteiger partial charge in [-0.1, -0.05) is 48.0 Å². The van der Waals surface area contributed by atoms with E-state index < -0.39 is 0 Å². The molecule has 0 radical (unpaired) electrons. The second-order valence-corrected chi connectivity index (χ2v) is 7.91. The van der Waals surface area contributed by atoms with Crippen molar-refractivity contribution in [3.8, 4) is 0 Å². The van der Waals surface area contributed by atoms with Gasteiger partial charge in [-0.15, -0.1) is 0 Å². The third-order valence-electron chi connectivity index (χ3n) is 5.36. The fraction of sp³-hybridized carbons (Fsp3) is 0.261. The van der Waals surface area contributed by atoms with E-state index in [9.17, 15) is 4.79 Å². The number of carbonyl (C=O) groups excluding carboxylic acids is 1. The molecule has 1 aliphatic heterocycles. The Kier molecular flexibility index (Phi) is 6.64. The van der Waals surface area contributed by atoms with Crippen LogP contribution in [0.2, 0.25) is 5.02 Å². The summed E-state index contributed by atoms with van der Waals surface area (Å²) >= 11 is 6.12. The van der Waals surface area contributed by atoms with Gasteiger partial charge in [0.25, 0.3) is 0 Å². The number of hydrogen-bond donors (Lipinski definition) is 2. The highest BCUT2D eigenvalue weighted by molar-refractivity contribution is 6.31. The Morgan fingerprint density at radius 2 is 1.77 bits per heavy atom. The summed E-state index contributed by atoms with van der Waals surface area (Å²) in [5.41, 5.74) is 2.80. The zero-order chi connectivity index (χ0) is 21.6. The lowest BCUT2D eigenvalue weighted by atomic mass is 10.2. The predicted molar refractivity (Wildman–Crippen MR) is 125 cm³/mol. The molecule has 0 aliphatic carbocycles. The Hall–Kier alpha value is -3.16. The van der Waals surface area contributed by atoms with Crippen LogP contribution >= 0.6 is 11.6 Å². The lowest BCUT2D eigenvalue weighted by Gasteiger charge is -2.35. The fourth-order valence-corrected chi connectivity index (χ4v) is 3.75. The van der Waals surface area contributed by atoms with Crippen molar-refractivity contribution in [2.45, 2.75) is 13.5 Å². The van der Waals surface area contributed by atoms with Gasteiger partial charge in [-0.3, -0.25) is 10.2 Å². The van der Waals surface area contributed by atoms with Crippen LogP contribution in [0.5, 0.6) is 0 Å². The van der Waals surface area contributed by atoms with E-state index in [0.717, 1.165) is 44.1 Å². The topological polar surface area (TPSA) is 73.4 Å². The van der Waals surface area contributed by atoms with Gasteiger partial charge in [0.15, 0.2) is 0 Å². The van der Waals surface area contributed by atoms with Gasteiger partial charge < -0.3 is 10.2 Å². The average molecular weight is 437 g/mol. The first kappa shape index (κ1) is 21.1. The monoisotopic (exact) mass is 436 g/mol. The molecular weight excluding hydrogens is 412 g/mol. The maximum Gasteiger partial charge on any atom is 0.324 e. The van der Waals surface area contributed by atoms with Gasteiger partial charge in [0.05, 0.1) is 0 Å². The molecular formula is C23H25ClN6O. The van der Waals surface area contributed by atoms with E-state index in [1.54, 1.807) is 24.3 Å². The molecule has 4 rings (SSSR count). The molecule has 2 aromatic carbocycles. The molecule has 1 saturated heterocycles. The van der Waals surface area contributed by atoms with E-state index in [1.165, 1.54) is 11.9 Å².